The minimum atomic E-state index is -4.14. The molecule has 22 heavy (non-hydrogen) atoms. The topological polar surface area (TPSA) is 123 Å². The zero-order valence-corrected chi connectivity index (χ0v) is 13.6. The van der Waals surface area contributed by atoms with Gasteiger partial charge in [0.1, 0.15) is 16.7 Å². The first kappa shape index (κ1) is 18.2. The number of carbonyl (C=O) groups excluding carboxylic acids is 1. The summed E-state index contributed by atoms with van der Waals surface area (Å²) in [5.41, 5.74) is 0. The second-order valence-electron chi connectivity index (χ2n) is 4.85. The van der Waals surface area contributed by atoms with E-state index in [4.69, 9.17) is 9.52 Å². The van der Waals surface area contributed by atoms with Crippen LogP contribution in [0.25, 0.3) is 0 Å². The highest BCUT2D eigenvalue weighted by atomic mass is 32.2. The number of sulfonamides is 1. The van der Waals surface area contributed by atoms with E-state index in [1.54, 1.807) is 13.8 Å². The van der Waals surface area contributed by atoms with Crippen molar-refractivity contribution in [2.75, 3.05) is 7.11 Å². The maximum atomic E-state index is 12.3. The third kappa shape index (κ3) is 3.86. The lowest BCUT2D eigenvalue weighted by Gasteiger charge is -2.19. The summed E-state index contributed by atoms with van der Waals surface area (Å²) in [4.78, 5) is 22.3. The highest BCUT2D eigenvalue weighted by molar-refractivity contribution is 7.89. The van der Waals surface area contributed by atoms with Gasteiger partial charge in [0.15, 0.2) is 0 Å². The molecule has 8 nitrogen and oxygen atoms in total. The number of hydrogen-bond acceptors (Lipinski definition) is 6. The fraction of sp³-hybridized carbons (Fsp3) is 0.538. The van der Waals surface area contributed by atoms with Crippen molar-refractivity contribution < 1.29 is 32.3 Å². The number of ether oxygens (including phenoxy) is 1. The van der Waals surface area contributed by atoms with Gasteiger partial charge in [0.05, 0.1) is 7.11 Å². The first-order valence-electron chi connectivity index (χ1n) is 6.57. The summed E-state index contributed by atoms with van der Waals surface area (Å²) in [6, 6.07) is -0.259. The number of esters is 1. The van der Waals surface area contributed by atoms with Crippen LogP contribution in [0.3, 0.4) is 0 Å². The van der Waals surface area contributed by atoms with E-state index in [2.05, 4.69) is 9.46 Å². The SMILES string of the molecule is CC[C@H](C)[C@H](NS(=O)(=O)c1cc(C(=O)OC)oc1C)C(=O)O. The lowest BCUT2D eigenvalue weighted by molar-refractivity contribution is -0.140. The number of hydrogen-bond donors (Lipinski definition) is 2. The molecule has 0 bridgehead atoms. The summed E-state index contributed by atoms with van der Waals surface area (Å²) < 4.78 is 36.3. The maximum Gasteiger partial charge on any atom is 0.373 e. The van der Waals surface area contributed by atoms with E-state index in [0.29, 0.717) is 6.42 Å². The number of carboxylic acid groups (broad SMARTS) is 1. The van der Waals surface area contributed by atoms with Gasteiger partial charge in [0.2, 0.25) is 15.8 Å². The van der Waals surface area contributed by atoms with Crippen LogP contribution in [0.5, 0.6) is 0 Å². The lowest BCUT2D eigenvalue weighted by Crippen LogP contribution is -2.44. The second-order valence-corrected chi connectivity index (χ2v) is 6.53. The molecule has 0 spiro atoms. The summed E-state index contributed by atoms with van der Waals surface area (Å²) in [7, 11) is -3.01. The minimum absolute atomic E-state index is 0.0267. The molecule has 0 unspecified atom stereocenters. The van der Waals surface area contributed by atoms with Crippen LogP contribution in [0.4, 0.5) is 0 Å². The summed E-state index contributed by atoms with van der Waals surface area (Å²) in [5.74, 6) is -2.79. The van der Waals surface area contributed by atoms with Gasteiger partial charge in [0.25, 0.3) is 0 Å². The molecule has 0 amide bonds. The molecule has 0 saturated heterocycles. The molecule has 0 aliphatic heterocycles. The van der Waals surface area contributed by atoms with Crippen molar-refractivity contribution in [2.45, 2.75) is 38.1 Å². The van der Waals surface area contributed by atoms with E-state index in [1.165, 1.54) is 6.92 Å². The molecule has 9 heteroatoms. The van der Waals surface area contributed by atoms with Crippen LogP contribution >= 0.6 is 0 Å². The Morgan fingerprint density at radius 3 is 2.50 bits per heavy atom. The fourth-order valence-electron chi connectivity index (χ4n) is 1.81. The number of nitrogens with one attached hydrogen (secondary N) is 1. The van der Waals surface area contributed by atoms with Crippen molar-refractivity contribution >= 4 is 22.0 Å². The Morgan fingerprint density at radius 1 is 1.45 bits per heavy atom. The zero-order chi connectivity index (χ0) is 17.1. The van der Waals surface area contributed by atoms with Gasteiger partial charge in [-0.1, -0.05) is 20.3 Å². The van der Waals surface area contributed by atoms with Crippen molar-refractivity contribution in [3.63, 3.8) is 0 Å². The van der Waals surface area contributed by atoms with Crippen molar-refractivity contribution in [2.24, 2.45) is 5.92 Å². The Bertz CT molecular complexity index is 662. The average molecular weight is 333 g/mol. The molecule has 0 aromatic carbocycles. The monoisotopic (exact) mass is 333 g/mol. The van der Waals surface area contributed by atoms with E-state index in [-0.39, 0.29) is 16.4 Å². The molecule has 0 fully saturated rings. The first-order chi connectivity index (χ1) is 10.1. The average Bonchev–Trinajstić information content (AvgIpc) is 2.85. The van der Waals surface area contributed by atoms with Crippen molar-refractivity contribution in [1.29, 1.82) is 0 Å². The molecular weight excluding hydrogens is 314 g/mol. The maximum absolute atomic E-state index is 12.3. The summed E-state index contributed by atoms with van der Waals surface area (Å²) >= 11 is 0. The van der Waals surface area contributed by atoms with Crippen LogP contribution in [0.15, 0.2) is 15.4 Å². The molecule has 1 aromatic heterocycles. The molecule has 1 aromatic rings. The van der Waals surface area contributed by atoms with Gasteiger partial charge in [-0.25, -0.2) is 13.2 Å². The molecule has 2 N–H and O–H groups in total. The molecule has 0 aliphatic carbocycles. The molecule has 0 saturated carbocycles. The normalized spacial score (nSPS) is 14.4. The quantitative estimate of drug-likeness (QED) is 0.717. The predicted octanol–water partition coefficient (Wildman–Crippen LogP) is 1.15. The lowest BCUT2D eigenvalue weighted by atomic mass is 10.0. The molecule has 0 radical (unpaired) electrons. The van der Waals surface area contributed by atoms with Crippen molar-refractivity contribution in [1.82, 2.24) is 4.72 Å². The first-order valence-corrected chi connectivity index (χ1v) is 8.06. The second kappa shape index (κ2) is 6.93. The fourth-order valence-corrected chi connectivity index (χ4v) is 3.29. The van der Waals surface area contributed by atoms with Gasteiger partial charge in [-0.3, -0.25) is 4.79 Å². The summed E-state index contributed by atoms with van der Waals surface area (Å²) in [6.45, 7) is 4.75. The van der Waals surface area contributed by atoms with Gasteiger partial charge in [-0.2, -0.15) is 4.72 Å². The smallest absolute Gasteiger partial charge is 0.373 e. The standard InChI is InChI=1S/C13H19NO7S/c1-5-7(2)11(12(15)16)14-22(18,19)10-6-9(13(17)20-4)21-8(10)3/h6-7,11,14H,5H2,1-4H3,(H,15,16)/t7-,11-/m0/s1. The Hall–Kier alpha value is -1.87. The van der Waals surface area contributed by atoms with Crippen LogP contribution in [-0.4, -0.2) is 38.6 Å². The summed E-state index contributed by atoms with van der Waals surface area (Å²) in [5, 5.41) is 9.16. The number of carboxylic acids is 1. The third-order valence-electron chi connectivity index (χ3n) is 3.31. The molecule has 2 atom stereocenters. The number of aryl methyl sites for hydroxylation is 1. The molecule has 124 valence electrons. The summed E-state index contributed by atoms with van der Waals surface area (Å²) in [6.07, 6.45) is 0.483. The molecular formula is C13H19NO7S. The van der Waals surface area contributed by atoms with E-state index >= 15 is 0 Å². The Kier molecular flexibility index (Phi) is 5.72. The van der Waals surface area contributed by atoms with Gasteiger partial charge >= 0.3 is 11.9 Å². The van der Waals surface area contributed by atoms with Crippen LogP contribution < -0.4 is 4.72 Å². The third-order valence-corrected chi connectivity index (χ3v) is 4.86. The Balaban J connectivity index is 3.16. The Morgan fingerprint density at radius 2 is 2.05 bits per heavy atom. The zero-order valence-electron chi connectivity index (χ0n) is 12.7. The van der Waals surface area contributed by atoms with Crippen LogP contribution in [-0.2, 0) is 19.6 Å². The van der Waals surface area contributed by atoms with Gasteiger partial charge in [-0.15, -0.1) is 0 Å². The number of rotatable bonds is 7. The molecule has 0 aliphatic rings. The number of carbonyl (C=O) groups is 2. The van der Waals surface area contributed by atoms with E-state index in [9.17, 15) is 18.0 Å². The Labute approximate surface area is 128 Å². The van der Waals surface area contributed by atoms with Gasteiger partial charge < -0.3 is 14.3 Å². The highest BCUT2D eigenvalue weighted by Crippen LogP contribution is 2.22. The van der Waals surface area contributed by atoms with Crippen molar-refractivity contribution in [3.8, 4) is 0 Å². The van der Waals surface area contributed by atoms with E-state index in [0.717, 1.165) is 13.2 Å². The molecule has 1 rings (SSSR count). The van der Waals surface area contributed by atoms with Gasteiger partial charge in [0, 0.05) is 6.07 Å². The predicted molar refractivity (Wildman–Crippen MR) is 76.0 cm³/mol. The number of furan rings is 1. The van der Waals surface area contributed by atoms with Crippen LogP contribution in [0, 0.1) is 12.8 Å². The number of methoxy groups -OCH3 is 1. The minimum Gasteiger partial charge on any atom is -0.480 e. The molecule has 1 heterocycles. The highest BCUT2D eigenvalue weighted by Gasteiger charge is 2.32. The van der Waals surface area contributed by atoms with E-state index in [1.807, 2.05) is 0 Å². The largest absolute Gasteiger partial charge is 0.480 e. The van der Waals surface area contributed by atoms with Crippen molar-refractivity contribution in [3.05, 3.63) is 17.6 Å². The van der Waals surface area contributed by atoms with Crippen LogP contribution in [0.1, 0.15) is 36.6 Å². The van der Waals surface area contributed by atoms with Gasteiger partial charge in [-0.05, 0) is 12.8 Å². The number of aliphatic carboxylic acids is 1. The van der Waals surface area contributed by atoms with E-state index < -0.39 is 33.9 Å². The van der Waals surface area contributed by atoms with Crippen LogP contribution in [0.2, 0.25) is 0 Å².